The first kappa shape index (κ1) is 13.9. The number of hydrogen-bond acceptors (Lipinski definition) is 2. The van der Waals surface area contributed by atoms with Crippen LogP contribution in [-0.4, -0.2) is 18.6 Å². The highest BCUT2D eigenvalue weighted by atomic mass is 16.5. The van der Waals surface area contributed by atoms with Crippen LogP contribution in [0.4, 0.5) is 0 Å². The number of ether oxygens (including phenoxy) is 1. The van der Waals surface area contributed by atoms with Crippen molar-refractivity contribution in [1.82, 2.24) is 5.32 Å². The van der Waals surface area contributed by atoms with Crippen molar-refractivity contribution < 1.29 is 9.53 Å². The molecule has 1 amide bonds. The molecule has 1 aliphatic rings. The maximum Gasteiger partial charge on any atom is 0.223 e. The molecule has 0 unspecified atom stereocenters. The summed E-state index contributed by atoms with van der Waals surface area (Å²) in [6, 6.07) is 7.99. The number of carbonyl (C=O) groups is 1. The minimum atomic E-state index is 0.0488. The van der Waals surface area contributed by atoms with Gasteiger partial charge in [0.15, 0.2) is 0 Å². The Labute approximate surface area is 115 Å². The fourth-order valence-corrected chi connectivity index (χ4v) is 2.52. The maximum absolute atomic E-state index is 12.0. The lowest BCUT2D eigenvalue weighted by Crippen LogP contribution is -2.39. The molecule has 1 fully saturated rings. The Balaban J connectivity index is 1.76. The van der Waals surface area contributed by atoms with Crippen LogP contribution in [0.15, 0.2) is 24.3 Å². The molecule has 0 radical (unpaired) electrons. The van der Waals surface area contributed by atoms with Gasteiger partial charge < -0.3 is 10.1 Å². The summed E-state index contributed by atoms with van der Waals surface area (Å²) in [6.45, 7) is 4.53. The standard InChI is InChI=1S/C16H23NO2/c1-12-7-3-6-10-15(12)19-11-13(2)17-16(18)14-8-4-5-9-14/h3,6-7,10,13-14H,4-5,8-9,11H2,1-2H3,(H,17,18)/t13-/m0/s1. The van der Waals surface area contributed by atoms with Crippen molar-refractivity contribution in [2.75, 3.05) is 6.61 Å². The molecule has 0 saturated heterocycles. The van der Waals surface area contributed by atoms with Crippen LogP contribution in [-0.2, 0) is 4.79 Å². The molecule has 0 aromatic heterocycles. The van der Waals surface area contributed by atoms with Crippen molar-refractivity contribution in [3.05, 3.63) is 29.8 Å². The summed E-state index contributed by atoms with van der Waals surface area (Å²) < 4.78 is 5.75. The number of para-hydroxylation sites is 1. The zero-order valence-corrected chi connectivity index (χ0v) is 11.8. The van der Waals surface area contributed by atoms with E-state index in [1.54, 1.807) is 0 Å². The molecule has 0 spiro atoms. The summed E-state index contributed by atoms with van der Waals surface area (Å²) in [7, 11) is 0. The van der Waals surface area contributed by atoms with E-state index >= 15 is 0 Å². The lowest BCUT2D eigenvalue weighted by molar-refractivity contribution is -0.125. The Hall–Kier alpha value is -1.51. The fraction of sp³-hybridized carbons (Fsp3) is 0.562. The second kappa shape index (κ2) is 6.60. The Bertz CT molecular complexity index is 425. The third-order valence-electron chi connectivity index (χ3n) is 3.70. The minimum Gasteiger partial charge on any atom is -0.491 e. The van der Waals surface area contributed by atoms with E-state index in [0.29, 0.717) is 6.61 Å². The predicted molar refractivity (Wildman–Crippen MR) is 76.2 cm³/mol. The quantitative estimate of drug-likeness (QED) is 0.884. The lowest BCUT2D eigenvalue weighted by atomic mass is 10.1. The van der Waals surface area contributed by atoms with Crippen LogP contribution in [0, 0.1) is 12.8 Å². The highest BCUT2D eigenvalue weighted by Gasteiger charge is 2.23. The number of hydrogen-bond donors (Lipinski definition) is 1. The number of benzene rings is 1. The molecular weight excluding hydrogens is 238 g/mol. The SMILES string of the molecule is Cc1ccccc1OC[C@H](C)NC(=O)C1CCCC1. The highest BCUT2D eigenvalue weighted by Crippen LogP contribution is 2.24. The van der Waals surface area contributed by atoms with Gasteiger partial charge in [0.05, 0.1) is 6.04 Å². The molecule has 1 saturated carbocycles. The summed E-state index contributed by atoms with van der Waals surface area (Å²) in [6.07, 6.45) is 4.45. The Kier molecular flexibility index (Phi) is 4.83. The third-order valence-corrected chi connectivity index (χ3v) is 3.70. The number of carbonyl (C=O) groups excluding carboxylic acids is 1. The van der Waals surface area contributed by atoms with E-state index < -0.39 is 0 Å². The molecule has 1 aromatic rings. The Morgan fingerprint density at radius 1 is 1.37 bits per heavy atom. The van der Waals surface area contributed by atoms with Crippen LogP contribution >= 0.6 is 0 Å². The van der Waals surface area contributed by atoms with Gasteiger partial charge in [0, 0.05) is 5.92 Å². The summed E-state index contributed by atoms with van der Waals surface area (Å²) in [5.74, 6) is 1.31. The Morgan fingerprint density at radius 3 is 2.74 bits per heavy atom. The van der Waals surface area contributed by atoms with E-state index in [9.17, 15) is 4.79 Å². The van der Waals surface area contributed by atoms with Gasteiger partial charge in [-0.15, -0.1) is 0 Å². The zero-order chi connectivity index (χ0) is 13.7. The second-order valence-corrected chi connectivity index (χ2v) is 5.47. The summed E-state index contributed by atoms with van der Waals surface area (Å²) in [5, 5.41) is 3.05. The first-order valence-corrected chi connectivity index (χ1v) is 7.15. The van der Waals surface area contributed by atoms with E-state index in [2.05, 4.69) is 5.32 Å². The largest absolute Gasteiger partial charge is 0.491 e. The van der Waals surface area contributed by atoms with E-state index in [-0.39, 0.29) is 17.9 Å². The predicted octanol–water partition coefficient (Wildman–Crippen LogP) is 3.07. The molecule has 1 N–H and O–H groups in total. The van der Waals surface area contributed by atoms with Crippen molar-refractivity contribution in [1.29, 1.82) is 0 Å². The second-order valence-electron chi connectivity index (χ2n) is 5.47. The first-order chi connectivity index (χ1) is 9.16. The van der Waals surface area contributed by atoms with Gasteiger partial charge in [-0.3, -0.25) is 4.79 Å². The van der Waals surface area contributed by atoms with Crippen molar-refractivity contribution in [2.45, 2.75) is 45.6 Å². The van der Waals surface area contributed by atoms with Crippen LogP contribution in [0.5, 0.6) is 5.75 Å². The van der Waals surface area contributed by atoms with Gasteiger partial charge in [0.2, 0.25) is 5.91 Å². The first-order valence-electron chi connectivity index (χ1n) is 7.15. The minimum absolute atomic E-state index is 0.0488. The van der Waals surface area contributed by atoms with E-state index in [4.69, 9.17) is 4.74 Å². The van der Waals surface area contributed by atoms with Crippen molar-refractivity contribution in [3.63, 3.8) is 0 Å². The molecule has 2 rings (SSSR count). The topological polar surface area (TPSA) is 38.3 Å². The number of amides is 1. The average molecular weight is 261 g/mol. The maximum atomic E-state index is 12.0. The van der Waals surface area contributed by atoms with Crippen molar-refractivity contribution in [2.24, 2.45) is 5.92 Å². The molecule has 0 heterocycles. The zero-order valence-electron chi connectivity index (χ0n) is 11.8. The van der Waals surface area contributed by atoms with E-state index in [1.807, 2.05) is 38.1 Å². The van der Waals surface area contributed by atoms with Gasteiger partial charge in [-0.05, 0) is 38.3 Å². The van der Waals surface area contributed by atoms with Crippen LogP contribution in [0.3, 0.4) is 0 Å². The smallest absolute Gasteiger partial charge is 0.223 e. The van der Waals surface area contributed by atoms with Crippen molar-refractivity contribution in [3.8, 4) is 5.75 Å². The lowest BCUT2D eigenvalue weighted by Gasteiger charge is -2.18. The van der Waals surface area contributed by atoms with Gasteiger partial charge in [-0.25, -0.2) is 0 Å². The van der Waals surface area contributed by atoms with Crippen molar-refractivity contribution >= 4 is 5.91 Å². The molecule has 19 heavy (non-hydrogen) atoms. The third kappa shape index (κ3) is 3.98. The number of rotatable bonds is 5. The fourth-order valence-electron chi connectivity index (χ4n) is 2.52. The monoisotopic (exact) mass is 261 g/mol. The number of aryl methyl sites for hydroxylation is 1. The summed E-state index contributed by atoms with van der Waals surface area (Å²) in [5.41, 5.74) is 1.12. The van der Waals surface area contributed by atoms with Crippen LogP contribution in [0.2, 0.25) is 0 Å². The van der Waals surface area contributed by atoms with Gasteiger partial charge in [0.25, 0.3) is 0 Å². The molecule has 0 aliphatic heterocycles. The highest BCUT2D eigenvalue weighted by molar-refractivity contribution is 5.79. The molecule has 1 aromatic carbocycles. The molecule has 104 valence electrons. The molecular formula is C16H23NO2. The van der Waals surface area contributed by atoms with Gasteiger partial charge in [-0.1, -0.05) is 31.0 Å². The summed E-state index contributed by atoms with van der Waals surface area (Å²) >= 11 is 0. The van der Waals surface area contributed by atoms with Gasteiger partial charge in [-0.2, -0.15) is 0 Å². The van der Waals surface area contributed by atoms with Crippen LogP contribution < -0.4 is 10.1 Å². The Morgan fingerprint density at radius 2 is 2.05 bits per heavy atom. The molecule has 1 atom stereocenters. The molecule has 3 nitrogen and oxygen atoms in total. The molecule has 1 aliphatic carbocycles. The van der Waals surface area contributed by atoms with E-state index in [0.717, 1.165) is 24.2 Å². The van der Waals surface area contributed by atoms with Gasteiger partial charge >= 0.3 is 0 Å². The molecule has 3 heteroatoms. The van der Waals surface area contributed by atoms with Crippen LogP contribution in [0.25, 0.3) is 0 Å². The normalized spacial score (nSPS) is 17.2. The summed E-state index contributed by atoms with van der Waals surface area (Å²) in [4.78, 5) is 12.0. The number of nitrogens with one attached hydrogen (secondary N) is 1. The average Bonchev–Trinajstić information content (AvgIpc) is 2.91. The van der Waals surface area contributed by atoms with Gasteiger partial charge in [0.1, 0.15) is 12.4 Å². The van der Waals surface area contributed by atoms with E-state index in [1.165, 1.54) is 12.8 Å². The van der Waals surface area contributed by atoms with Crippen LogP contribution in [0.1, 0.15) is 38.2 Å². The molecule has 0 bridgehead atoms.